The first-order chi connectivity index (χ1) is 12.7. The Kier molecular flexibility index (Phi) is 7.29. The monoisotopic (exact) mass is 386 g/mol. The van der Waals surface area contributed by atoms with E-state index in [9.17, 15) is 25.2 Å². The van der Waals surface area contributed by atoms with Crippen LogP contribution in [0.4, 0.5) is 0 Å². The lowest BCUT2D eigenvalue weighted by molar-refractivity contribution is -0.348. The normalized spacial score (nSPS) is 30.6. The Labute approximate surface area is 156 Å². The Morgan fingerprint density at radius 2 is 1.93 bits per heavy atom. The van der Waals surface area contributed by atoms with E-state index in [1.54, 1.807) is 24.3 Å². The maximum atomic E-state index is 11.4. The first-order valence-electron chi connectivity index (χ1n) is 8.54. The largest absolute Gasteiger partial charge is 0.465 e. The molecule has 0 saturated carbocycles. The summed E-state index contributed by atoms with van der Waals surface area (Å²) in [6.45, 7) is 0.727. The number of methoxy groups -OCH3 is 1. The molecule has 2 rings (SSSR count). The van der Waals surface area contributed by atoms with Crippen LogP contribution < -0.4 is 0 Å². The van der Waals surface area contributed by atoms with Gasteiger partial charge < -0.3 is 39.7 Å². The molecule has 1 aromatic rings. The molecule has 9 heteroatoms. The first-order valence-corrected chi connectivity index (χ1v) is 8.54. The van der Waals surface area contributed by atoms with E-state index in [-0.39, 0.29) is 13.0 Å². The number of aliphatic hydroxyl groups is 5. The maximum Gasteiger partial charge on any atom is 0.337 e. The van der Waals surface area contributed by atoms with Crippen molar-refractivity contribution < 1.29 is 44.5 Å². The van der Waals surface area contributed by atoms with Gasteiger partial charge >= 0.3 is 5.97 Å². The predicted molar refractivity (Wildman–Crippen MR) is 91.6 cm³/mol. The van der Waals surface area contributed by atoms with Crippen LogP contribution in [0.2, 0.25) is 0 Å². The van der Waals surface area contributed by atoms with Crippen molar-refractivity contribution in [2.75, 3.05) is 13.7 Å². The summed E-state index contributed by atoms with van der Waals surface area (Å²) >= 11 is 0. The zero-order chi connectivity index (χ0) is 20.2. The molecule has 1 aliphatic heterocycles. The minimum Gasteiger partial charge on any atom is -0.465 e. The van der Waals surface area contributed by atoms with Gasteiger partial charge in [-0.25, -0.2) is 4.79 Å². The van der Waals surface area contributed by atoms with Gasteiger partial charge in [0.05, 0.1) is 38.1 Å². The molecule has 0 amide bonds. The maximum absolute atomic E-state index is 11.4. The van der Waals surface area contributed by atoms with Crippen LogP contribution in [0.1, 0.15) is 29.3 Å². The van der Waals surface area contributed by atoms with Crippen molar-refractivity contribution in [3.05, 3.63) is 35.4 Å². The predicted octanol–water partition coefficient (Wildman–Crippen LogP) is -1.07. The molecular weight excluding hydrogens is 360 g/mol. The van der Waals surface area contributed by atoms with Crippen LogP contribution in [0.3, 0.4) is 0 Å². The van der Waals surface area contributed by atoms with Gasteiger partial charge in [0.1, 0.15) is 18.3 Å². The number of ether oxygens (including phenoxy) is 3. The molecule has 152 valence electrons. The molecule has 1 aromatic carbocycles. The second-order valence-corrected chi connectivity index (χ2v) is 6.64. The Hall–Kier alpha value is -1.59. The van der Waals surface area contributed by atoms with Crippen molar-refractivity contribution in [1.29, 1.82) is 0 Å². The van der Waals surface area contributed by atoms with E-state index in [4.69, 9.17) is 14.6 Å². The summed E-state index contributed by atoms with van der Waals surface area (Å²) < 4.78 is 15.9. The van der Waals surface area contributed by atoms with E-state index in [1.807, 2.05) is 0 Å². The Morgan fingerprint density at radius 3 is 2.48 bits per heavy atom. The number of carbonyl (C=O) groups is 1. The second kappa shape index (κ2) is 9.07. The Morgan fingerprint density at radius 1 is 1.30 bits per heavy atom. The molecule has 0 bridgehead atoms. The summed E-state index contributed by atoms with van der Waals surface area (Å²) in [5.74, 6) is -2.12. The molecule has 1 heterocycles. The highest BCUT2D eigenvalue weighted by Crippen LogP contribution is 2.33. The van der Waals surface area contributed by atoms with Crippen LogP contribution in [-0.2, 0) is 20.8 Å². The number of esters is 1. The highest BCUT2D eigenvalue weighted by molar-refractivity contribution is 5.89. The summed E-state index contributed by atoms with van der Waals surface area (Å²) in [5.41, 5.74) is 1.05. The first kappa shape index (κ1) is 21.7. The van der Waals surface area contributed by atoms with Gasteiger partial charge in [-0.15, -0.1) is 0 Å². The molecule has 6 atom stereocenters. The molecule has 9 nitrogen and oxygen atoms in total. The van der Waals surface area contributed by atoms with Gasteiger partial charge in [0, 0.05) is 6.42 Å². The van der Waals surface area contributed by atoms with Crippen LogP contribution in [0.25, 0.3) is 0 Å². The molecule has 0 aromatic heterocycles. The zero-order valence-corrected chi connectivity index (χ0v) is 15.2. The third-order valence-electron chi connectivity index (χ3n) is 4.62. The quantitative estimate of drug-likeness (QED) is 0.370. The number of hydrogen-bond acceptors (Lipinski definition) is 9. The molecule has 5 N–H and O–H groups in total. The third kappa shape index (κ3) is 5.02. The van der Waals surface area contributed by atoms with Crippen molar-refractivity contribution >= 4 is 5.97 Å². The van der Waals surface area contributed by atoms with E-state index in [1.165, 1.54) is 14.0 Å². The van der Waals surface area contributed by atoms with E-state index in [0.717, 1.165) is 0 Å². The minimum atomic E-state index is -1.65. The van der Waals surface area contributed by atoms with Gasteiger partial charge in [0.15, 0.2) is 5.79 Å². The summed E-state index contributed by atoms with van der Waals surface area (Å²) in [5, 5.41) is 49.0. The number of aliphatic hydroxyl groups excluding tert-OH is 5. The molecule has 0 aliphatic carbocycles. The highest BCUT2D eigenvalue weighted by atomic mass is 16.7. The lowest BCUT2D eigenvalue weighted by Crippen LogP contribution is -2.61. The SMILES string of the molecule is COC(=O)c1ccc(CO[C@@]2(C)O[C@@H]([C@H](O)[C@@H](O)CO)C[C@H](O)[C@H]2O)cc1. The van der Waals surface area contributed by atoms with Crippen LogP contribution in [0.5, 0.6) is 0 Å². The number of benzene rings is 1. The van der Waals surface area contributed by atoms with Gasteiger partial charge in [0.2, 0.25) is 0 Å². The Balaban J connectivity index is 2.06. The van der Waals surface area contributed by atoms with Crippen molar-refractivity contribution in [3.8, 4) is 0 Å². The van der Waals surface area contributed by atoms with Gasteiger partial charge in [-0.05, 0) is 24.6 Å². The number of carbonyl (C=O) groups excluding carboxylic acids is 1. The molecule has 0 unspecified atom stereocenters. The highest BCUT2D eigenvalue weighted by Gasteiger charge is 2.49. The Bertz CT molecular complexity index is 620. The average Bonchev–Trinajstić information content (AvgIpc) is 2.68. The topological polar surface area (TPSA) is 146 Å². The van der Waals surface area contributed by atoms with Crippen molar-refractivity contribution in [1.82, 2.24) is 0 Å². The average molecular weight is 386 g/mol. The lowest BCUT2D eigenvalue weighted by atomic mass is 9.92. The van der Waals surface area contributed by atoms with Crippen LogP contribution in [0, 0.1) is 0 Å². The molecular formula is C18H26O9. The van der Waals surface area contributed by atoms with E-state index in [0.29, 0.717) is 11.1 Å². The van der Waals surface area contributed by atoms with E-state index in [2.05, 4.69) is 4.74 Å². The molecule has 1 saturated heterocycles. The fraction of sp³-hybridized carbons (Fsp3) is 0.611. The fourth-order valence-electron chi connectivity index (χ4n) is 2.90. The second-order valence-electron chi connectivity index (χ2n) is 6.64. The third-order valence-corrected chi connectivity index (χ3v) is 4.62. The van der Waals surface area contributed by atoms with Gasteiger partial charge in [-0.3, -0.25) is 0 Å². The zero-order valence-electron chi connectivity index (χ0n) is 15.2. The van der Waals surface area contributed by atoms with E-state index >= 15 is 0 Å². The summed E-state index contributed by atoms with van der Waals surface area (Å²) in [4.78, 5) is 11.4. The summed E-state index contributed by atoms with van der Waals surface area (Å²) in [6.07, 6.45) is -6.73. The number of rotatable bonds is 7. The minimum absolute atomic E-state index is 0.00684. The van der Waals surface area contributed by atoms with Gasteiger partial charge in [0.25, 0.3) is 0 Å². The van der Waals surface area contributed by atoms with E-state index < -0.39 is 48.9 Å². The molecule has 0 radical (unpaired) electrons. The standard InChI is InChI=1S/C18H26O9/c1-18(26-9-10-3-5-11(6-4-10)17(24)25-2)16(23)12(20)7-14(27-18)15(22)13(21)8-19/h3-6,12-16,19-23H,7-9H2,1-2H3/t12-,13-,14+,15+,16+,18-/m0/s1. The smallest absolute Gasteiger partial charge is 0.337 e. The molecule has 27 heavy (non-hydrogen) atoms. The molecule has 0 spiro atoms. The molecule has 1 fully saturated rings. The summed E-state index contributed by atoms with van der Waals surface area (Å²) in [6, 6.07) is 6.40. The van der Waals surface area contributed by atoms with Crippen molar-refractivity contribution in [2.45, 2.75) is 56.3 Å². The van der Waals surface area contributed by atoms with Crippen LogP contribution in [-0.4, -0.2) is 81.5 Å². The van der Waals surface area contributed by atoms with Crippen LogP contribution >= 0.6 is 0 Å². The summed E-state index contributed by atoms with van der Waals surface area (Å²) in [7, 11) is 1.28. The fourth-order valence-corrected chi connectivity index (χ4v) is 2.90. The molecule has 1 aliphatic rings. The van der Waals surface area contributed by atoms with Crippen molar-refractivity contribution in [2.24, 2.45) is 0 Å². The van der Waals surface area contributed by atoms with Crippen LogP contribution in [0.15, 0.2) is 24.3 Å². The lowest BCUT2D eigenvalue weighted by Gasteiger charge is -2.45. The number of hydrogen-bond donors (Lipinski definition) is 5. The van der Waals surface area contributed by atoms with Gasteiger partial charge in [-0.2, -0.15) is 0 Å². The van der Waals surface area contributed by atoms with Gasteiger partial charge in [-0.1, -0.05) is 12.1 Å². The van der Waals surface area contributed by atoms with Crippen molar-refractivity contribution in [3.63, 3.8) is 0 Å².